The van der Waals surface area contributed by atoms with Crippen LogP contribution >= 0.6 is 57.1 Å². The third kappa shape index (κ3) is 4.00. The second-order valence-electron chi connectivity index (χ2n) is 4.40. The van der Waals surface area contributed by atoms with Crippen molar-refractivity contribution in [3.8, 4) is 10.6 Å². The Kier molecular flexibility index (Phi) is 5.14. The van der Waals surface area contributed by atoms with Crippen LogP contribution in [0.3, 0.4) is 0 Å². The van der Waals surface area contributed by atoms with E-state index in [2.05, 4.69) is 9.59 Å². The number of nitrogens with one attached hydrogen (secondary N) is 2. The standard InChI is InChI=1S/C14H10Cl4N3OS/c15-9-4-6-10(7-5-9)23-8-13(17)19-21(20-23)22-12-3-1-2-11(16)14(12)18/h1-8,19-20H/q+1. The number of hydrogen-bond donors (Lipinski definition) is 2. The van der Waals surface area contributed by atoms with Gasteiger partial charge in [0.15, 0.2) is 10.9 Å². The first kappa shape index (κ1) is 16.6. The largest absolute Gasteiger partial charge is 0.340 e. The quantitative estimate of drug-likeness (QED) is 0.478. The smallest absolute Gasteiger partial charge is 0.204 e. The number of benzene rings is 2. The summed E-state index contributed by atoms with van der Waals surface area (Å²) in [5, 5.41) is 6.47. The van der Waals surface area contributed by atoms with E-state index in [0.717, 1.165) is 4.90 Å². The van der Waals surface area contributed by atoms with Crippen molar-refractivity contribution in [2.45, 2.75) is 0 Å². The van der Waals surface area contributed by atoms with Crippen LogP contribution in [0.2, 0.25) is 20.2 Å². The molecule has 2 N–H and O–H groups in total. The average molecular weight is 410 g/mol. The molecule has 120 valence electrons. The van der Waals surface area contributed by atoms with E-state index in [1.165, 1.54) is 4.96 Å². The molecule has 1 heterocycles. The summed E-state index contributed by atoms with van der Waals surface area (Å²) in [6, 6.07) is 12.6. The summed E-state index contributed by atoms with van der Waals surface area (Å²) < 4.78 is 3.14. The fourth-order valence-electron chi connectivity index (χ4n) is 1.76. The van der Waals surface area contributed by atoms with Gasteiger partial charge in [-0.15, -0.1) is 0 Å². The van der Waals surface area contributed by atoms with Gasteiger partial charge in [0.25, 0.3) is 0 Å². The summed E-state index contributed by atoms with van der Waals surface area (Å²) in [5.74, 6) is 0.394. The number of nitrogens with zero attached hydrogens (tertiary/aromatic N) is 1. The second kappa shape index (κ2) is 7.11. The summed E-state index contributed by atoms with van der Waals surface area (Å²) in [5.41, 5.74) is 0. The highest BCUT2D eigenvalue weighted by atomic mass is 35.5. The number of halogens is 4. The molecule has 1 unspecified atom stereocenters. The molecule has 9 heteroatoms. The first-order chi connectivity index (χ1) is 11.0. The highest BCUT2D eigenvalue weighted by Crippen LogP contribution is 2.33. The van der Waals surface area contributed by atoms with Crippen LogP contribution in [0.15, 0.2) is 47.8 Å². The molecule has 0 aliphatic heterocycles. The molecule has 0 amide bonds. The van der Waals surface area contributed by atoms with Gasteiger partial charge in [0, 0.05) is 17.2 Å². The topological polar surface area (TPSA) is 45.7 Å². The van der Waals surface area contributed by atoms with Crippen molar-refractivity contribution in [1.82, 2.24) is 14.5 Å². The molecule has 1 aromatic heterocycles. The van der Waals surface area contributed by atoms with Crippen LogP contribution in [-0.4, -0.2) is 14.5 Å². The number of hydrogen-bond acceptors (Lipinski definition) is 1. The molecule has 0 spiro atoms. The van der Waals surface area contributed by atoms with Gasteiger partial charge in [-0.2, -0.15) is 0 Å². The first-order valence-corrected chi connectivity index (χ1v) is 9.14. The molecule has 0 bridgehead atoms. The Bertz CT molecular complexity index is 861. The highest BCUT2D eigenvalue weighted by Gasteiger charge is 2.13. The fraction of sp³-hybridized carbons (Fsp3) is 0. The maximum Gasteiger partial charge on any atom is 0.204 e. The number of H-pyrrole nitrogens is 2. The van der Waals surface area contributed by atoms with Crippen molar-refractivity contribution in [1.29, 1.82) is 0 Å². The molecular formula is C14H10Cl4N3OS+. The van der Waals surface area contributed by atoms with Crippen molar-refractivity contribution in [2.24, 2.45) is 0 Å². The lowest BCUT2D eigenvalue weighted by Crippen LogP contribution is -2.13. The minimum atomic E-state index is -0.502. The van der Waals surface area contributed by atoms with Gasteiger partial charge in [-0.05, 0) is 29.2 Å². The van der Waals surface area contributed by atoms with Crippen molar-refractivity contribution >= 4 is 57.1 Å². The van der Waals surface area contributed by atoms with E-state index in [-0.39, 0.29) is 0 Å². The minimum Gasteiger partial charge on any atom is -0.340 e. The zero-order valence-corrected chi connectivity index (χ0v) is 15.2. The summed E-state index contributed by atoms with van der Waals surface area (Å²) >= 11 is 24.1. The van der Waals surface area contributed by atoms with Crippen LogP contribution in [0.5, 0.6) is 5.75 Å². The van der Waals surface area contributed by atoms with Gasteiger partial charge in [0.2, 0.25) is 10.3 Å². The third-order valence-corrected chi connectivity index (χ3v) is 5.77. The number of aromatic amines is 2. The Morgan fingerprint density at radius 1 is 0.957 bits per heavy atom. The Balaban J connectivity index is 1.97. The van der Waals surface area contributed by atoms with Crippen LogP contribution in [-0.2, 0) is 0 Å². The third-order valence-electron chi connectivity index (χ3n) is 2.78. The van der Waals surface area contributed by atoms with Crippen molar-refractivity contribution < 1.29 is 4.84 Å². The molecular weight excluding hydrogens is 400 g/mol. The van der Waals surface area contributed by atoms with Gasteiger partial charge in [-0.1, -0.05) is 57.0 Å². The Morgan fingerprint density at radius 3 is 2.43 bits per heavy atom. The molecule has 3 rings (SSSR count). The van der Waals surface area contributed by atoms with Crippen LogP contribution in [0, 0.1) is 0 Å². The van der Waals surface area contributed by atoms with E-state index in [9.17, 15) is 0 Å². The summed E-state index contributed by atoms with van der Waals surface area (Å²) in [6.45, 7) is 0. The summed E-state index contributed by atoms with van der Waals surface area (Å²) in [4.78, 5) is 7.95. The number of aromatic nitrogens is 3. The molecule has 4 nitrogen and oxygen atoms in total. The summed E-state index contributed by atoms with van der Waals surface area (Å²) in [7, 11) is -0.502. The zero-order chi connectivity index (χ0) is 16.4. The SMILES string of the molecule is Clc1ccc(-[s+]2cc(Cl)[nH]n(Oc3cccc(Cl)c3Cl)[nH]2)cc1. The van der Waals surface area contributed by atoms with Gasteiger partial charge >= 0.3 is 0 Å². The minimum absolute atomic E-state index is 0.315. The second-order valence-corrected chi connectivity index (χ2v) is 7.59. The van der Waals surface area contributed by atoms with Crippen molar-refractivity contribution in [3.05, 3.63) is 68.1 Å². The van der Waals surface area contributed by atoms with Gasteiger partial charge in [-0.25, -0.2) is 5.10 Å². The Labute approximate surface area is 154 Å². The molecule has 2 aromatic carbocycles. The summed E-state index contributed by atoms with van der Waals surface area (Å²) in [6.07, 6.45) is 0. The van der Waals surface area contributed by atoms with Gasteiger partial charge < -0.3 is 4.84 Å². The fourth-order valence-corrected chi connectivity index (χ4v) is 3.80. The first-order valence-electron chi connectivity index (χ1n) is 6.34. The van der Waals surface area contributed by atoms with Crippen LogP contribution in [0.25, 0.3) is 4.90 Å². The normalized spacial score (nSPS) is 11.4. The zero-order valence-electron chi connectivity index (χ0n) is 11.4. The number of rotatable bonds is 3. The lowest BCUT2D eigenvalue weighted by Gasteiger charge is -2.09. The maximum absolute atomic E-state index is 6.13. The predicted octanol–water partition coefficient (Wildman–Crippen LogP) is 6.46. The maximum atomic E-state index is 6.13. The lowest BCUT2D eigenvalue weighted by atomic mass is 10.3. The van der Waals surface area contributed by atoms with Crippen LogP contribution in [0.1, 0.15) is 0 Å². The monoisotopic (exact) mass is 408 g/mol. The molecule has 0 fully saturated rings. The van der Waals surface area contributed by atoms with E-state index < -0.39 is 10.7 Å². The molecule has 0 saturated carbocycles. The van der Waals surface area contributed by atoms with E-state index >= 15 is 0 Å². The van der Waals surface area contributed by atoms with Gasteiger partial charge in [0.1, 0.15) is 15.7 Å². The average Bonchev–Trinajstić information content (AvgIpc) is 2.52. The molecule has 0 aliphatic rings. The molecule has 3 aromatic rings. The van der Waals surface area contributed by atoms with E-state index in [1.54, 1.807) is 18.2 Å². The van der Waals surface area contributed by atoms with Crippen molar-refractivity contribution in [2.75, 3.05) is 0 Å². The molecule has 0 saturated heterocycles. The van der Waals surface area contributed by atoms with Crippen LogP contribution < -0.4 is 4.84 Å². The van der Waals surface area contributed by atoms with E-state index in [4.69, 9.17) is 51.2 Å². The Morgan fingerprint density at radius 2 is 1.70 bits per heavy atom. The van der Waals surface area contributed by atoms with Crippen LogP contribution in [0.4, 0.5) is 0 Å². The molecule has 1 atom stereocenters. The van der Waals surface area contributed by atoms with E-state index in [1.807, 2.05) is 29.6 Å². The van der Waals surface area contributed by atoms with Gasteiger partial charge in [0.05, 0.1) is 5.02 Å². The predicted molar refractivity (Wildman–Crippen MR) is 97.1 cm³/mol. The van der Waals surface area contributed by atoms with Gasteiger partial charge in [-0.3, -0.25) is 0 Å². The highest BCUT2D eigenvalue weighted by molar-refractivity contribution is 7.33. The molecule has 23 heavy (non-hydrogen) atoms. The molecule has 0 aliphatic carbocycles. The molecule has 0 radical (unpaired) electrons. The Hall–Kier alpha value is -1.24. The van der Waals surface area contributed by atoms with E-state index in [0.29, 0.717) is 26.0 Å². The van der Waals surface area contributed by atoms with Crippen molar-refractivity contribution in [3.63, 3.8) is 0 Å². The lowest BCUT2D eigenvalue weighted by molar-refractivity contribution is 0.140.